The average molecular weight is 259 g/mol. The lowest BCUT2D eigenvalue weighted by Crippen LogP contribution is -2.38. The second kappa shape index (κ2) is 5.16. The molecule has 3 heteroatoms. The van der Waals surface area contributed by atoms with E-state index in [0.29, 0.717) is 0 Å². The van der Waals surface area contributed by atoms with Gasteiger partial charge >= 0.3 is 0 Å². The molecule has 102 valence electrons. The van der Waals surface area contributed by atoms with Crippen LogP contribution in [0.5, 0.6) is 0 Å². The highest BCUT2D eigenvalue weighted by Crippen LogP contribution is 2.30. The minimum absolute atomic E-state index is 0.00735. The SMILES string of the molecule is CC(CC(C)(C)c1ccccc1)N1CC(=O)CC1=O. The monoisotopic (exact) mass is 259 g/mol. The molecule has 0 aliphatic carbocycles. The summed E-state index contributed by atoms with van der Waals surface area (Å²) >= 11 is 0. The molecular formula is C16H21NO2. The highest BCUT2D eigenvalue weighted by Gasteiger charge is 2.34. The molecule has 19 heavy (non-hydrogen) atoms. The minimum Gasteiger partial charge on any atom is -0.332 e. The van der Waals surface area contributed by atoms with Crippen molar-refractivity contribution < 1.29 is 9.59 Å². The van der Waals surface area contributed by atoms with Crippen LogP contribution in [0.4, 0.5) is 0 Å². The Morgan fingerprint density at radius 2 is 1.84 bits per heavy atom. The van der Waals surface area contributed by atoms with Crippen LogP contribution in [0.2, 0.25) is 0 Å². The molecule has 1 aliphatic heterocycles. The molecular weight excluding hydrogens is 238 g/mol. The summed E-state index contributed by atoms with van der Waals surface area (Å²) in [6.45, 7) is 6.68. The van der Waals surface area contributed by atoms with Crippen LogP contribution in [0.1, 0.15) is 39.2 Å². The molecule has 1 aromatic carbocycles. The number of nitrogens with zero attached hydrogens (tertiary/aromatic N) is 1. The van der Waals surface area contributed by atoms with Crippen LogP contribution in [-0.4, -0.2) is 29.2 Å². The van der Waals surface area contributed by atoms with E-state index < -0.39 is 0 Å². The van der Waals surface area contributed by atoms with E-state index in [4.69, 9.17) is 0 Å². The summed E-state index contributed by atoms with van der Waals surface area (Å²) in [5, 5.41) is 0. The maximum Gasteiger partial charge on any atom is 0.230 e. The predicted molar refractivity (Wildman–Crippen MR) is 74.9 cm³/mol. The van der Waals surface area contributed by atoms with Crippen LogP contribution in [0, 0.1) is 0 Å². The van der Waals surface area contributed by atoms with E-state index in [-0.39, 0.29) is 36.1 Å². The zero-order valence-electron chi connectivity index (χ0n) is 11.8. The van der Waals surface area contributed by atoms with E-state index in [1.807, 2.05) is 25.1 Å². The van der Waals surface area contributed by atoms with E-state index in [9.17, 15) is 9.59 Å². The number of rotatable bonds is 4. The van der Waals surface area contributed by atoms with Gasteiger partial charge in [-0.2, -0.15) is 0 Å². The van der Waals surface area contributed by atoms with Crippen molar-refractivity contribution in [1.29, 1.82) is 0 Å². The fourth-order valence-corrected chi connectivity index (χ4v) is 2.86. The summed E-state index contributed by atoms with van der Waals surface area (Å²) in [6, 6.07) is 10.4. The van der Waals surface area contributed by atoms with Crippen molar-refractivity contribution in [3.05, 3.63) is 35.9 Å². The Balaban J connectivity index is 2.08. The molecule has 0 bridgehead atoms. The number of ketones is 1. The molecule has 0 spiro atoms. The van der Waals surface area contributed by atoms with E-state index in [1.165, 1.54) is 5.56 Å². The number of likely N-dealkylation sites (tertiary alicyclic amines) is 1. The lowest BCUT2D eigenvalue weighted by Gasteiger charge is -2.33. The van der Waals surface area contributed by atoms with Gasteiger partial charge in [0.25, 0.3) is 0 Å². The summed E-state index contributed by atoms with van der Waals surface area (Å²) in [4.78, 5) is 24.8. The number of carbonyl (C=O) groups excluding carboxylic acids is 2. The Morgan fingerprint density at radius 3 is 2.37 bits per heavy atom. The third-order valence-electron chi connectivity index (χ3n) is 3.91. The first-order valence-corrected chi connectivity index (χ1v) is 6.77. The lowest BCUT2D eigenvalue weighted by molar-refractivity contribution is -0.129. The summed E-state index contributed by atoms with van der Waals surface area (Å²) in [6.07, 6.45) is 0.937. The first kappa shape index (κ1) is 13.8. The Bertz CT molecular complexity index is 479. The zero-order chi connectivity index (χ0) is 14.0. The fourth-order valence-electron chi connectivity index (χ4n) is 2.86. The summed E-state index contributed by atoms with van der Waals surface area (Å²) in [5.74, 6) is 0.00993. The molecule has 3 nitrogen and oxygen atoms in total. The molecule has 1 heterocycles. The quantitative estimate of drug-likeness (QED) is 0.779. The molecule has 1 fully saturated rings. The number of amides is 1. The Labute approximate surface area is 114 Å². The Hall–Kier alpha value is -1.64. The first-order chi connectivity index (χ1) is 8.90. The first-order valence-electron chi connectivity index (χ1n) is 6.77. The van der Waals surface area contributed by atoms with E-state index in [0.717, 1.165) is 6.42 Å². The van der Waals surface area contributed by atoms with Crippen molar-refractivity contribution in [2.75, 3.05) is 6.54 Å². The number of benzene rings is 1. The van der Waals surface area contributed by atoms with Gasteiger partial charge in [0.15, 0.2) is 5.78 Å². The molecule has 1 atom stereocenters. The molecule has 0 saturated carbocycles. The van der Waals surface area contributed by atoms with Gasteiger partial charge in [0.2, 0.25) is 5.91 Å². The number of carbonyl (C=O) groups is 2. The second-order valence-electron chi connectivity index (χ2n) is 6.04. The lowest BCUT2D eigenvalue weighted by atomic mass is 9.79. The smallest absolute Gasteiger partial charge is 0.230 e. The van der Waals surface area contributed by atoms with Gasteiger partial charge in [-0.1, -0.05) is 44.2 Å². The molecule has 1 aliphatic rings. The van der Waals surface area contributed by atoms with Gasteiger partial charge in [-0.3, -0.25) is 9.59 Å². The molecule has 1 amide bonds. The van der Waals surface area contributed by atoms with Gasteiger partial charge in [-0.15, -0.1) is 0 Å². The van der Waals surface area contributed by atoms with E-state index in [2.05, 4.69) is 26.0 Å². The van der Waals surface area contributed by atoms with Gasteiger partial charge in [-0.05, 0) is 24.3 Å². The topological polar surface area (TPSA) is 37.4 Å². The predicted octanol–water partition coefficient (Wildman–Crippen LogP) is 2.54. The van der Waals surface area contributed by atoms with Crippen LogP contribution in [-0.2, 0) is 15.0 Å². The minimum atomic E-state index is -0.0265. The van der Waals surface area contributed by atoms with Crippen molar-refractivity contribution in [1.82, 2.24) is 4.90 Å². The molecule has 0 radical (unpaired) electrons. The molecule has 1 saturated heterocycles. The van der Waals surface area contributed by atoms with Gasteiger partial charge in [-0.25, -0.2) is 0 Å². The number of Topliss-reactive ketones (excluding diaryl/α,β-unsaturated/α-hetero) is 1. The third-order valence-corrected chi connectivity index (χ3v) is 3.91. The molecule has 1 aromatic rings. The normalized spacial score (nSPS) is 17.9. The second-order valence-corrected chi connectivity index (χ2v) is 6.04. The summed E-state index contributed by atoms with van der Waals surface area (Å²) < 4.78 is 0. The van der Waals surface area contributed by atoms with Crippen LogP contribution in [0.3, 0.4) is 0 Å². The van der Waals surface area contributed by atoms with Gasteiger partial charge in [0.05, 0.1) is 13.0 Å². The molecule has 1 unspecified atom stereocenters. The van der Waals surface area contributed by atoms with Crippen molar-refractivity contribution in [2.45, 2.75) is 45.1 Å². The van der Waals surface area contributed by atoms with Crippen LogP contribution in [0.15, 0.2) is 30.3 Å². The van der Waals surface area contributed by atoms with Crippen LogP contribution >= 0.6 is 0 Å². The van der Waals surface area contributed by atoms with Crippen molar-refractivity contribution in [3.63, 3.8) is 0 Å². The highest BCUT2D eigenvalue weighted by molar-refractivity contribution is 6.05. The zero-order valence-corrected chi connectivity index (χ0v) is 11.8. The largest absolute Gasteiger partial charge is 0.332 e. The molecule has 0 N–H and O–H groups in total. The highest BCUT2D eigenvalue weighted by atomic mass is 16.2. The van der Waals surface area contributed by atoms with Crippen LogP contribution in [0.25, 0.3) is 0 Å². The Kier molecular flexibility index (Phi) is 3.74. The number of hydrogen-bond acceptors (Lipinski definition) is 2. The summed E-state index contributed by atoms with van der Waals surface area (Å²) in [5.41, 5.74) is 1.26. The van der Waals surface area contributed by atoms with Crippen LogP contribution < -0.4 is 0 Å². The number of hydrogen-bond donors (Lipinski definition) is 0. The molecule has 0 aromatic heterocycles. The summed E-state index contributed by atoms with van der Waals surface area (Å²) in [7, 11) is 0. The van der Waals surface area contributed by atoms with Gasteiger partial charge in [0, 0.05) is 6.04 Å². The van der Waals surface area contributed by atoms with Gasteiger partial charge in [0.1, 0.15) is 0 Å². The molecule has 2 rings (SSSR count). The average Bonchev–Trinajstić information content (AvgIpc) is 2.69. The van der Waals surface area contributed by atoms with Gasteiger partial charge < -0.3 is 4.90 Å². The van der Waals surface area contributed by atoms with E-state index >= 15 is 0 Å². The van der Waals surface area contributed by atoms with Crippen molar-refractivity contribution in [3.8, 4) is 0 Å². The third kappa shape index (κ3) is 3.03. The maximum atomic E-state index is 11.8. The van der Waals surface area contributed by atoms with Crippen molar-refractivity contribution in [2.24, 2.45) is 0 Å². The standard InChI is InChI=1S/C16H21NO2/c1-12(17-11-14(18)9-15(17)19)10-16(2,3)13-7-5-4-6-8-13/h4-8,12H,9-11H2,1-3H3. The Morgan fingerprint density at radius 1 is 1.21 bits per heavy atom. The maximum absolute atomic E-state index is 11.8. The fraction of sp³-hybridized carbons (Fsp3) is 0.500. The van der Waals surface area contributed by atoms with E-state index in [1.54, 1.807) is 4.90 Å². The van der Waals surface area contributed by atoms with Crippen molar-refractivity contribution >= 4 is 11.7 Å².